The molecule has 0 saturated heterocycles. The van der Waals surface area contributed by atoms with Crippen LogP contribution in [0.4, 0.5) is 0 Å². The van der Waals surface area contributed by atoms with Crippen LogP contribution in [0.25, 0.3) is 0 Å². The molecule has 1 fully saturated rings. The van der Waals surface area contributed by atoms with E-state index in [1.165, 1.54) is 44.9 Å². The summed E-state index contributed by atoms with van der Waals surface area (Å²) in [6.07, 6.45) is 13.3. The second-order valence-corrected chi connectivity index (χ2v) is 4.54. The number of hydrogen-bond donors (Lipinski definition) is 1. The Hall–Kier alpha value is -0.460. The normalized spacial score (nSPS) is 28.5. The molecule has 0 radical (unpaired) electrons. The lowest BCUT2D eigenvalue weighted by Gasteiger charge is -2.39. The summed E-state index contributed by atoms with van der Waals surface area (Å²) in [5, 5.41) is 0. The maximum absolute atomic E-state index is 5.79. The minimum absolute atomic E-state index is 0.682. The summed E-state index contributed by atoms with van der Waals surface area (Å²) < 4.78 is 0. The predicted molar refractivity (Wildman–Crippen MR) is 51.6 cm³/mol. The van der Waals surface area contributed by atoms with Crippen LogP contribution in [0.3, 0.4) is 0 Å². The van der Waals surface area contributed by atoms with Crippen molar-refractivity contribution in [2.45, 2.75) is 51.4 Å². The van der Waals surface area contributed by atoms with Crippen LogP contribution in [-0.2, 0) is 0 Å². The highest BCUT2D eigenvalue weighted by atomic mass is 14.6. The Labute approximate surface area is 75.0 Å². The second-order valence-electron chi connectivity index (χ2n) is 4.54. The Bertz CT molecular complexity index is 187. The molecule has 2 aliphatic carbocycles. The zero-order valence-electron chi connectivity index (χ0n) is 7.81. The van der Waals surface area contributed by atoms with Gasteiger partial charge in [0.25, 0.3) is 0 Å². The fraction of sp³-hybridized carbons (Fsp3) is 0.818. The van der Waals surface area contributed by atoms with Crippen LogP contribution >= 0.6 is 0 Å². The fourth-order valence-corrected chi connectivity index (χ4v) is 2.72. The molecule has 2 N–H and O–H groups in total. The summed E-state index contributed by atoms with van der Waals surface area (Å²) in [7, 11) is 0. The molecule has 0 amide bonds. The van der Waals surface area contributed by atoms with Gasteiger partial charge < -0.3 is 5.73 Å². The molecular weight excluding hydrogens is 146 g/mol. The molecule has 1 nitrogen and oxygen atoms in total. The molecule has 2 aliphatic rings. The van der Waals surface area contributed by atoms with Crippen LogP contribution in [0.5, 0.6) is 0 Å². The summed E-state index contributed by atoms with van der Waals surface area (Å²) in [6, 6.07) is 0. The first-order valence-electron chi connectivity index (χ1n) is 5.25. The zero-order valence-corrected chi connectivity index (χ0v) is 7.81. The van der Waals surface area contributed by atoms with Crippen molar-refractivity contribution in [1.29, 1.82) is 0 Å². The molecule has 0 aromatic heterocycles. The third kappa shape index (κ3) is 1.50. The van der Waals surface area contributed by atoms with Gasteiger partial charge in [-0.3, -0.25) is 0 Å². The van der Waals surface area contributed by atoms with Crippen molar-refractivity contribution in [3.05, 3.63) is 11.8 Å². The van der Waals surface area contributed by atoms with Crippen LogP contribution in [0, 0.1) is 5.41 Å². The Morgan fingerprint density at radius 1 is 1.08 bits per heavy atom. The molecule has 0 bridgehead atoms. The van der Waals surface area contributed by atoms with Crippen LogP contribution in [0.2, 0.25) is 0 Å². The number of hydrogen-bond acceptors (Lipinski definition) is 1. The average Bonchev–Trinajstić information content (AvgIpc) is 2.13. The molecule has 0 unspecified atom stereocenters. The quantitative estimate of drug-likeness (QED) is 0.586. The van der Waals surface area contributed by atoms with E-state index in [2.05, 4.69) is 6.08 Å². The van der Waals surface area contributed by atoms with Crippen molar-refractivity contribution in [2.24, 2.45) is 11.1 Å². The maximum Gasteiger partial charge on any atom is 0.00403 e. The van der Waals surface area contributed by atoms with Crippen molar-refractivity contribution in [2.75, 3.05) is 0 Å². The Kier molecular flexibility index (Phi) is 2.12. The average molecular weight is 165 g/mol. The third-order valence-corrected chi connectivity index (χ3v) is 3.66. The summed E-state index contributed by atoms with van der Waals surface area (Å²) in [6.45, 7) is 0. The molecule has 0 aromatic rings. The van der Waals surface area contributed by atoms with Gasteiger partial charge in [-0.05, 0) is 37.5 Å². The topological polar surface area (TPSA) is 26.0 Å². The van der Waals surface area contributed by atoms with Crippen molar-refractivity contribution < 1.29 is 0 Å². The molecule has 0 atom stereocenters. The van der Waals surface area contributed by atoms with Gasteiger partial charge in [0.2, 0.25) is 0 Å². The maximum atomic E-state index is 5.79. The largest absolute Gasteiger partial charge is 0.402 e. The fourth-order valence-electron chi connectivity index (χ4n) is 2.72. The van der Waals surface area contributed by atoms with Crippen LogP contribution < -0.4 is 5.73 Å². The van der Waals surface area contributed by atoms with Crippen LogP contribution in [0.1, 0.15) is 51.4 Å². The van der Waals surface area contributed by atoms with E-state index < -0.39 is 0 Å². The minimum Gasteiger partial charge on any atom is -0.402 e. The molecular formula is C11H19N. The number of rotatable bonds is 0. The number of nitrogens with two attached hydrogens (primary N) is 1. The van der Waals surface area contributed by atoms with E-state index in [-0.39, 0.29) is 0 Å². The summed E-state index contributed by atoms with van der Waals surface area (Å²) in [5.74, 6) is 0. The van der Waals surface area contributed by atoms with E-state index in [9.17, 15) is 0 Å². The molecule has 12 heavy (non-hydrogen) atoms. The number of allylic oxidation sites excluding steroid dienone is 2. The lowest BCUT2D eigenvalue weighted by Crippen LogP contribution is -2.27. The van der Waals surface area contributed by atoms with Crippen molar-refractivity contribution in [3.8, 4) is 0 Å². The van der Waals surface area contributed by atoms with Gasteiger partial charge in [-0.1, -0.05) is 25.3 Å². The van der Waals surface area contributed by atoms with Crippen LogP contribution in [0.15, 0.2) is 11.8 Å². The highest BCUT2D eigenvalue weighted by molar-refractivity contribution is 5.06. The summed E-state index contributed by atoms with van der Waals surface area (Å²) >= 11 is 0. The molecule has 1 spiro atoms. The first kappa shape index (κ1) is 8.15. The first-order chi connectivity index (χ1) is 5.81. The SMILES string of the molecule is NC1=CCC2(CCCCC2)CC1. The van der Waals surface area contributed by atoms with E-state index in [0.29, 0.717) is 5.41 Å². The molecule has 0 heterocycles. The Balaban J connectivity index is 2.02. The Morgan fingerprint density at radius 2 is 1.83 bits per heavy atom. The second kappa shape index (κ2) is 3.12. The summed E-state index contributed by atoms with van der Waals surface area (Å²) in [4.78, 5) is 0. The van der Waals surface area contributed by atoms with E-state index >= 15 is 0 Å². The van der Waals surface area contributed by atoms with Gasteiger partial charge in [0.05, 0.1) is 0 Å². The van der Waals surface area contributed by atoms with Gasteiger partial charge in [0, 0.05) is 5.70 Å². The standard InChI is InChI=1S/C11H19N/c12-10-4-8-11(9-5-10)6-2-1-3-7-11/h4H,1-3,5-9,12H2. The smallest absolute Gasteiger partial charge is 0.00403 e. The lowest BCUT2D eigenvalue weighted by atomic mass is 9.67. The van der Waals surface area contributed by atoms with E-state index in [1.54, 1.807) is 0 Å². The minimum atomic E-state index is 0.682. The Morgan fingerprint density at radius 3 is 2.42 bits per heavy atom. The molecule has 2 rings (SSSR count). The van der Waals surface area contributed by atoms with Gasteiger partial charge in [-0.15, -0.1) is 0 Å². The molecule has 1 saturated carbocycles. The summed E-state index contributed by atoms with van der Waals surface area (Å²) in [5.41, 5.74) is 7.60. The van der Waals surface area contributed by atoms with E-state index in [4.69, 9.17) is 5.73 Å². The molecule has 68 valence electrons. The van der Waals surface area contributed by atoms with Gasteiger partial charge in [0.1, 0.15) is 0 Å². The predicted octanol–water partition coefficient (Wildman–Crippen LogP) is 2.96. The first-order valence-corrected chi connectivity index (χ1v) is 5.25. The van der Waals surface area contributed by atoms with Gasteiger partial charge in [-0.2, -0.15) is 0 Å². The third-order valence-electron chi connectivity index (χ3n) is 3.66. The van der Waals surface area contributed by atoms with Crippen molar-refractivity contribution in [1.82, 2.24) is 0 Å². The highest BCUT2D eigenvalue weighted by Gasteiger charge is 2.32. The highest BCUT2D eigenvalue weighted by Crippen LogP contribution is 2.45. The molecule has 0 aliphatic heterocycles. The molecule has 0 aromatic carbocycles. The zero-order chi connectivity index (χ0) is 8.44. The lowest BCUT2D eigenvalue weighted by molar-refractivity contribution is 0.167. The van der Waals surface area contributed by atoms with Gasteiger partial charge in [0.15, 0.2) is 0 Å². The van der Waals surface area contributed by atoms with Crippen molar-refractivity contribution >= 4 is 0 Å². The van der Waals surface area contributed by atoms with E-state index in [0.717, 1.165) is 12.1 Å². The van der Waals surface area contributed by atoms with Gasteiger partial charge >= 0.3 is 0 Å². The van der Waals surface area contributed by atoms with Gasteiger partial charge in [-0.25, -0.2) is 0 Å². The van der Waals surface area contributed by atoms with E-state index in [1.807, 2.05) is 0 Å². The van der Waals surface area contributed by atoms with Crippen LogP contribution in [-0.4, -0.2) is 0 Å². The van der Waals surface area contributed by atoms with Crippen molar-refractivity contribution in [3.63, 3.8) is 0 Å². The molecule has 1 heteroatoms. The monoisotopic (exact) mass is 165 g/mol.